The number of pyridine rings is 1. The second-order valence-corrected chi connectivity index (χ2v) is 5.82. The molecule has 22 heavy (non-hydrogen) atoms. The molecule has 2 N–H and O–H groups in total. The van der Waals surface area contributed by atoms with Crippen molar-refractivity contribution in [3.63, 3.8) is 0 Å². The third kappa shape index (κ3) is 3.09. The number of nitrogens with one attached hydrogen (secondary N) is 2. The Hall–Kier alpha value is -2.40. The first-order chi connectivity index (χ1) is 10.6. The van der Waals surface area contributed by atoms with Gasteiger partial charge in [-0.3, -0.25) is 9.59 Å². The van der Waals surface area contributed by atoms with Gasteiger partial charge in [-0.05, 0) is 35.7 Å². The highest BCUT2D eigenvalue weighted by atomic mass is 79.9. The average Bonchev–Trinajstić information content (AvgIpc) is 2.52. The van der Waals surface area contributed by atoms with Crippen molar-refractivity contribution in [3.8, 4) is 0 Å². The molecule has 0 atom stereocenters. The Morgan fingerprint density at radius 3 is 2.73 bits per heavy atom. The largest absolute Gasteiger partial charge is 0.348 e. The van der Waals surface area contributed by atoms with E-state index in [4.69, 9.17) is 0 Å². The van der Waals surface area contributed by atoms with Crippen molar-refractivity contribution < 1.29 is 4.79 Å². The summed E-state index contributed by atoms with van der Waals surface area (Å²) < 4.78 is 0.837. The molecule has 0 unspecified atom stereocenters. The number of halogens is 1. The number of carbonyl (C=O) groups excluding carboxylic acids is 1. The molecule has 4 nitrogen and oxygen atoms in total. The Morgan fingerprint density at radius 2 is 1.91 bits per heavy atom. The maximum Gasteiger partial charge on any atom is 0.253 e. The van der Waals surface area contributed by atoms with Crippen molar-refractivity contribution in [2.75, 3.05) is 0 Å². The van der Waals surface area contributed by atoms with Crippen molar-refractivity contribution in [3.05, 3.63) is 80.6 Å². The molecule has 0 aliphatic heterocycles. The van der Waals surface area contributed by atoms with Crippen molar-refractivity contribution in [2.24, 2.45) is 0 Å². The lowest BCUT2D eigenvalue weighted by atomic mass is 10.1. The predicted molar refractivity (Wildman–Crippen MR) is 89.9 cm³/mol. The second kappa shape index (κ2) is 6.15. The number of aromatic amines is 1. The number of rotatable bonds is 3. The summed E-state index contributed by atoms with van der Waals surface area (Å²) in [5.74, 6) is -0.214. The van der Waals surface area contributed by atoms with E-state index in [-0.39, 0.29) is 18.0 Å². The normalized spacial score (nSPS) is 10.6. The van der Waals surface area contributed by atoms with Crippen LogP contribution in [0.5, 0.6) is 0 Å². The van der Waals surface area contributed by atoms with Gasteiger partial charge in [-0.25, -0.2) is 0 Å². The molecule has 2 aromatic carbocycles. The van der Waals surface area contributed by atoms with Gasteiger partial charge in [0.1, 0.15) is 0 Å². The van der Waals surface area contributed by atoms with E-state index in [0.717, 1.165) is 15.4 Å². The Labute approximate surface area is 135 Å². The number of H-pyrrole nitrogens is 1. The molecule has 1 aromatic heterocycles. The number of amides is 1. The van der Waals surface area contributed by atoms with E-state index in [9.17, 15) is 9.59 Å². The molecule has 1 heterocycles. The molecule has 0 fully saturated rings. The summed E-state index contributed by atoms with van der Waals surface area (Å²) in [4.78, 5) is 26.9. The van der Waals surface area contributed by atoms with Crippen molar-refractivity contribution >= 4 is 32.7 Å². The van der Waals surface area contributed by atoms with E-state index in [2.05, 4.69) is 26.2 Å². The van der Waals surface area contributed by atoms with E-state index < -0.39 is 0 Å². The molecule has 0 aliphatic rings. The van der Waals surface area contributed by atoms with E-state index >= 15 is 0 Å². The van der Waals surface area contributed by atoms with Crippen molar-refractivity contribution in [2.45, 2.75) is 6.54 Å². The van der Waals surface area contributed by atoms with Crippen LogP contribution in [0.25, 0.3) is 10.9 Å². The molecule has 0 aliphatic carbocycles. The zero-order valence-corrected chi connectivity index (χ0v) is 13.2. The molecule has 3 aromatic rings. The summed E-state index contributed by atoms with van der Waals surface area (Å²) in [5, 5.41) is 3.71. The van der Waals surface area contributed by atoms with Crippen LogP contribution < -0.4 is 10.9 Å². The quantitative estimate of drug-likeness (QED) is 0.756. The molecular weight excluding hydrogens is 344 g/mol. The van der Waals surface area contributed by atoms with Gasteiger partial charge < -0.3 is 10.3 Å². The lowest BCUT2D eigenvalue weighted by Crippen LogP contribution is -2.26. The molecule has 1 amide bonds. The third-order valence-electron chi connectivity index (χ3n) is 3.36. The number of hydrogen-bond donors (Lipinski definition) is 2. The van der Waals surface area contributed by atoms with Crippen LogP contribution in [0, 0.1) is 0 Å². The third-order valence-corrected chi connectivity index (χ3v) is 3.85. The zero-order valence-electron chi connectivity index (χ0n) is 11.6. The predicted octanol–water partition coefficient (Wildman–Crippen LogP) is 3.22. The molecule has 110 valence electrons. The molecule has 0 radical (unpaired) electrons. The minimum atomic E-state index is -0.214. The van der Waals surface area contributed by atoms with Gasteiger partial charge in [0.05, 0.1) is 0 Å². The fourth-order valence-electron chi connectivity index (χ4n) is 2.23. The topological polar surface area (TPSA) is 62.0 Å². The number of hydrogen-bond acceptors (Lipinski definition) is 2. The van der Waals surface area contributed by atoms with Gasteiger partial charge in [0, 0.05) is 27.7 Å². The fourth-order valence-corrected chi connectivity index (χ4v) is 2.63. The Balaban J connectivity index is 1.80. The highest BCUT2D eigenvalue weighted by molar-refractivity contribution is 9.10. The summed E-state index contributed by atoms with van der Waals surface area (Å²) in [6.45, 7) is 0.186. The summed E-state index contributed by atoms with van der Waals surface area (Å²) in [5.41, 5.74) is 1.68. The van der Waals surface area contributed by atoms with Crippen molar-refractivity contribution in [1.82, 2.24) is 10.3 Å². The first-order valence-corrected chi connectivity index (χ1v) is 7.57. The lowest BCUT2D eigenvalue weighted by Gasteiger charge is -2.06. The SMILES string of the molecule is O=C(NCc1cc2ccccc2[nH]c1=O)c1cccc(Br)c1. The molecule has 0 spiro atoms. The highest BCUT2D eigenvalue weighted by Gasteiger charge is 2.08. The van der Waals surface area contributed by atoms with Crippen LogP contribution in [-0.2, 0) is 6.54 Å². The van der Waals surface area contributed by atoms with Gasteiger partial charge >= 0.3 is 0 Å². The first-order valence-electron chi connectivity index (χ1n) is 6.78. The maximum atomic E-state index is 12.1. The molecule has 0 bridgehead atoms. The summed E-state index contributed by atoms with van der Waals surface area (Å²) >= 11 is 3.33. The van der Waals surface area contributed by atoms with E-state index in [0.29, 0.717) is 11.1 Å². The lowest BCUT2D eigenvalue weighted by molar-refractivity contribution is 0.0950. The van der Waals surface area contributed by atoms with Crippen LogP contribution in [0.1, 0.15) is 15.9 Å². The van der Waals surface area contributed by atoms with Gasteiger partial charge in [-0.2, -0.15) is 0 Å². The van der Waals surface area contributed by atoms with Crippen LogP contribution >= 0.6 is 15.9 Å². The van der Waals surface area contributed by atoms with Gasteiger partial charge in [0.25, 0.3) is 11.5 Å². The van der Waals surface area contributed by atoms with Gasteiger partial charge in [-0.15, -0.1) is 0 Å². The number of para-hydroxylation sites is 1. The summed E-state index contributed by atoms with van der Waals surface area (Å²) in [6, 6.07) is 16.5. The Bertz CT molecular complexity index is 902. The van der Waals surface area contributed by atoms with Gasteiger partial charge in [-0.1, -0.05) is 40.2 Å². The van der Waals surface area contributed by atoms with Crippen molar-refractivity contribution in [1.29, 1.82) is 0 Å². The molecular formula is C17H13BrN2O2. The van der Waals surface area contributed by atoms with E-state index in [1.807, 2.05) is 30.3 Å². The van der Waals surface area contributed by atoms with Crippen LogP contribution in [0.3, 0.4) is 0 Å². The molecule has 3 rings (SSSR count). The maximum absolute atomic E-state index is 12.1. The zero-order chi connectivity index (χ0) is 15.5. The monoisotopic (exact) mass is 356 g/mol. The van der Waals surface area contributed by atoms with Crippen LogP contribution in [0.15, 0.2) is 63.9 Å². The average molecular weight is 357 g/mol. The second-order valence-electron chi connectivity index (χ2n) is 4.90. The number of benzene rings is 2. The number of carbonyl (C=O) groups is 1. The molecule has 5 heteroatoms. The summed E-state index contributed by atoms with van der Waals surface area (Å²) in [7, 11) is 0. The van der Waals surface area contributed by atoms with E-state index in [1.165, 1.54) is 0 Å². The van der Waals surface area contributed by atoms with Gasteiger partial charge in [0.15, 0.2) is 0 Å². The van der Waals surface area contributed by atoms with Crippen LogP contribution in [0.4, 0.5) is 0 Å². The minimum absolute atomic E-state index is 0.186. The number of fused-ring (bicyclic) bond motifs is 1. The fraction of sp³-hybridized carbons (Fsp3) is 0.0588. The highest BCUT2D eigenvalue weighted by Crippen LogP contribution is 2.12. The smallest absolute Gasteiger partial charge is 0.253 e. The standard InChI is InChI=1S/C17H13BrN2O2/c18-14-6-3-5-12(9-14)16(21)19-10-13-8-11-4-1-2-7-15(11)20-17(13)22/h1-9H,10H2,(H,19,21)(H,20,22). The molecule has 0 saturated heterocycles. The molecule has 0 saturated carbocycles. The summed E-state index contributed by atoms with van der Waals surface area (Å²) in [6.07, 6.45) is 0. The van der Waals surface area contributed by atoms with Crippen LogP contribution in [0.2, 0.25) is 0 Å². The Morgan fingerprint density at radius 1 is 1.09 bits per heavy atom. The van der Waals surface area contributed by atoms with E-state index in [1.54, 1.807) is 24.3 Å². The number of aromatic nitrogens is 1. The Kier molecular flexibility index (Phi) is 4.06. The van der Waals surface area contributed by atoms with Gasteiger partial charge in [0.2, 0.25) is 0 Å². The first kappa shape index (κ1) is 14.5. The minimum Gasteiger partial charge on any atom is -0.348 e. The van der Waals surface area contributed by atoms with Crippen LogP contribution in [-0.4, -0.2) is 10.9 Å².